The average molecular weight is 242 g/mol. The van der Waals surface area contributed by atoms with Crippen LogP contribution in [0.2, 0.25) is 10.2 Å². The van der Waals surface area contributed by atoms with Gasteiger partial charge < -0.3 is 5.73 Å². The second-order valence-electron chi connectivity index (χ2n) is 3.11. The number of hydrogen-bond donors (Lipinski definition) is 1. The molecule has 1 aromatic heterocycles. The Labute approximate surface area is 97.2 Å². The molecule has 0 saturated carbocycles. The van der Waals surface area contributed by atoms with Crippen molar-refractivity contribution < 1.29 is 0 Å². The number of rotatable bonds is 2. The molecule has 5 heteroatoms. The van der Waals surface area contributed by atoms with Gasteiger partial charge in [0, 0.05) is 11.8 Å². The molecular weight excluding hydrogens is 233 g/mol. The van der Waals surface area contributed by atoms with Gasteiger partial charge in [0.15, 0.2) is 0 Å². The molecule has 0 aliphatic rings. The first-order chi connectivity index (χ1) is 7.22. The van der Waals surface area contributed by atoms with E-state index in [0.717, 1.165) is 5.39 Å². The van der Waals surface area contributed by atoms with E-state index >= 15 is 0 Å². The molecule has 2 aromatic rings. The zero-order valence-corrected chi connectivity index (χ0v) is 9.39. The number of benzene rings is 1. The summed E-state index contributed by atoms with van der Waals surface area (Å²) in [7, 11) is 0. The second kappa shape index (κ2) is 4.31. The Morgan fingerprint density at radius 2 is 2.00 bits per heavy atom. The summed E-state index contributed by atoms with van der Waals surface area (Å²) in [6.45, 7) is 0.492. The van der Waals surface area contributed by atoms with Crippen LogP contribution < -0.4 is 5.73 Å². The van der Waals surface area contributed by atoms with E-state index in [2.05, 4.69) is 9.97 Å². The molecule has 0 amide bonds. The van der Waals surface area contributed by atoms with E-state index in [4.69, 9.17) is 28.9 Å². The first-order valence-corrected chi connectivity index (χ1v) is 5.28. The van der Waals surface area contributed by atoms with Crippen LogP contribution in [0.1, 0.15) is 5.82 Å². The van der Waals surface area contributed by atoms with E-state index < -0.39 is 0 Å². The predicted octanol–water partition coefficient (Wildman–Crippen LogP) is 2.44. The van der Waals surface area contributed by atoms with E-state index in [-0.39, 0.29) is 0 Å². The fourth-order valence-corrected chi connectivity index (χ4v) is 1.83. The Morgan fingerprint density at radius 3 is 2.73 bits per heavy atom. The quantitative estimate of drug-likeness (QED) is 0.823. The minimum Gasteiger partial charge on any atom is -0.330 e. The zero-order valence-electron chi connectivity index (χ0n) is 7.87. The highest BCUT2D eigenvalue weighted by molar-refractivity contribution is 6.38. The highest BCUT2D eigenvalue weighted by Crippen LogP contribution is 2.26. The highest BCUT2D eigenvalue weighted by atomic mass is 35.5. The van der Waals surface area contributed by atoms with Crippen molar-refractivity contribution in [2.24, 2.45) is 5.73 Å². The molecule has 2 rings (SSSR count). The molecule has 1 heterocycles. The number of nitrogens with zero attached hydrogens (tertiary/aromatic N) is 2. The molecule has 78 valence electrons. The molecule has 0 unspecified atom stereocenters. The van der Waals surface area contributed by atoms with Gasteiger partial charge in [-0.3, -0.25) is 0 Å². The Bertz CT molecular complexity index is 499. The summed E-state index contributed by atoms with van der Waals surface area (Å²) >= 11 is 12.0. The molecule has 0 fully saturated rings. The summed E-state index contributed by atoms with van der Waals surface area (Å²) in [5, 5.41) is 1.77. The monoisotopic (exact) mass is 241 g/mol. The van der Waals surface area contributed by atoms with Gasteiger partial charge in [-0.2, -0.15) is 0 Å². The van der Waals surface area contributed by atoms with E-state index in [1.165, 1.54) is 0 Å². The maximum Gasteiger partial charge on any atom is 0.140 e. The summed E-state index contributed by atoms with van der Waals surface area (Å²) in [6.07, 6.45) is 0.598. The molecule has 0 radical (unpaired) electrons. The lowest BCUT2D eigenvalue weighted by Gasteiger charge is -2.04. The number of aromatic nitrogens is 2. The van der Waals surface area contributed by atoms with Crippen LogP contribution >= 0.6 is 23.2 Å². The van der Waals surface area contributed by atoms with Crippen LogP contribution in [0.25, 0.3) is 10.9 Å². The van der Waals surface area contributed by atoms with Gasteiger partial charge >= 0.3 is 0 Å². The molecule has 0 bridgehead atoms. The summed E-state index contributed by atoms with van der Waals surface area (Å²) in [5.41, 5.74) is 6.12. The average Bonchev–Trinajstić information content (AvgIpc) is 2.20. The molecule has 0 spiro atoms. The summed E-state index contributed by atoms with van der Waals surface area (Å²) in [5.74, 6) is 0.628. The lowest BCUT2D eigenvalue weighted by atomic mass is 10.2. The van der Waals surface area contributed by atoms with Crippen molar-refractivity contribution >= 4 is 34.1 Å². The Morgan fingerprint density at radius 1 is 1.20 bits per heavy atom. The fourth-order valence-electron chi connectivity index (χ4n) is 1.36. The molecule has 2 N–H and O–H groups in total. The lowest BCUT2D eigenvalue weighted by Crippen LogP contribution is -2.06. The van der Waals surface area contributed by atoms with Gasteiger partial charge in [0.05, 0.1) is 10.5 Å². The van der Waals surface area contributed by atoms with E-state index in [0.29, 0.717) is 34.5 Å². The fraction of sp³-hybridized carbons (Fsp3) is 0.200. The highest BCUT2D eigenvalue weighted by Gasteiger charge is 2.07. The maximum atomic E-state index is 6.02. The van der Waals surface area contributed by atoms with Gasteiger partial charge in [0.1, 0.15) is 11.0 Å². The number of nitrogens with two attached hydrogens (primary N) is 1. The standard InChI is InChI=1S/C10H9Cl2N3/c11-7-3-1-2-6-9(7)14-8(4-5-13)15-10(6)12/h1-3H,4-5,13H2. The molecule has 0 aliphatic carbocycles. The van der Waals surface area contributed by atoms with Gasteiger partial charge in [0.25, 0.3) is 0 Å². The summed E-state index contributed by atoms with van der Waals surface area (Å²) < 4.78 is 0. The van der Waals surface area contributed by atoms with E-state index in [1.54, 1.807) is 6.07 Å². The normalized spacial score (nSPS) is 10.9. The lowest BCUT2D eigenvalue weighted by molar-refractivity contribution is 0.879. The van der Waals surface area contributed by atoms with Crippen molar-refractivity contribution in [3.05, 3.63) is 34.2 Å². The third-order valence-electron chi connectivity index (χ3n) is 2.05. The minimum absolute atomic E-state index is 0.422. The number of fused-ring (bicyclic) bond motifs is 1. The van der Waals surface area contributed by atoms with Crippen LogP contribution in [0.5, 0.6) is 0 Å². The van der Waals surface area contributed by atoms with E-state index in [9.17, 15) is 0 Å². The summed E-state index contributed by atoms with van der Waals surface area (Å²) in [6, 6.07) is 5.44. The van der Waals surface area contributed by atoms with Crippen molar-refractivity contribution in [1.29, 1.82) is 0 Å². The number of halogens is 2. The van der Waals surface area contributed by atoms with Crippen LogP contribution in [0, 0.1) is 0 Å². The van der Waals surface area contributed by atoms with Crippen LogP contribution in [-0.2, 0) is 6.42 Å². The third-order valence-corrected chi connectivity index (χ3v) is 2.64. The Hall–Kier alpha value is -0.900. The van der Waals surface area contributed by atoms with Crippen molar-refractivity contribution in [1.82, 2.24) is 9.97 Å². The Kier molecular flexibility index (Phi) is 3.05. The van der Waals surface area contributed by atoms with Crippen LogP contribution in [0.15, 0.2) is 18.2 Å². The van der Waals surface area contributed by atoms with Gasteiger partial charge in [-0.25, -0.2) is 9.97 Å². The molecule has 0 aliphatic heterocycles. The van der Waals surface area contributed by atoms with Crippen molar-refractivity contribution in [2.75, 3.05) is 6.54 Å². The van der Waals surface area contributed by atoms with Crippen molar-refractivity contribution in [3.63, 3.8) is 0 Å². The largest absolute Gasteiger partial charge is 0.330 e. The van der Waals surface area contributed by atoms with Crippen LogP contribution in [0.4, 0.5) is 0 Å². The first kappa shape index (κ1) is 10.6. The minimum atomic E-state index is 0.422. The van der Waals surface area contributed by atoms with Gasteiger partial charge in [0.2, 0.25) is 0 Å². The smallest absolute Gasteiger partial charge is 0.140 e. The summed E-state index contributed by atoms with van der Waals surface area (Å²) in [4.78, 5) is 8.47. The first-order valence-electron chi connectivity index (χ1n) is 4.53. The Balaban J connectivity index is 2.68. The van der Waals surface area contributed by atoms with Gasteiger partial charge in [-0.1, -0.05) is 29.3 Å². The van der Waals surface area contributed by atoms with E-state index in [1.807, 2.05) is 12.1 Å². The molecule has 1 aromatic carbocycles. The number of para-hydroxylation sites is 1. The molecule has 15 heavy (non-hydrogen) atoms. The maximum absolute atomic E-state index is 6.02. The third kappa shape index (κ3) is 2.04. The second-order valence-corrected chi connectivity index (χ2v) is 3.87. The van der Waals surface area contributed by atoms with Gasteiger partial charge in [-0.05, 0) is 18.7 Å². The number of hydrogen-bond acceptors (Lipinski definition) is 3. The topological polar surface area (TPSA) is 51.8 Å². The molecule has 3 nitrogen and oxygen atoms in total. The zero-order chi connectivity index (χ0) is 10.8. The molecular formula is C10H9Cl2N3. The molecule has 0 saturated heterocycles. The van der Waals surface area contributed by atoms with Gasteiger partial charge in [-0.15, -0.1) is 0 Å². The van der Waals surface area contributed by atoms with Crippen LogP contribution in [-0.4, -0.2) is 16.5 Å². The molecule has 0 atom stereocenters. The van der Waals surface area contributed by atoms with Crippen molar-refractivity contribution in [3.8, 4) is 0 Å². The predicted molar refractivity (Wildman–Crippen MR) is 62.3 cm³/mol. The van der Waals surface area contributed by atoms with Crippen molar-refractivity contribution in [2.45, 2.75) is 6.42 Å². The van der Waals surface area contributed by atoms with Crippen LogP contribution in [0.3, 0.4) is 0 Å². The SMILES string of the molecule is NCCc1nc(Cl)c2cccc(Cl)c2n1.